The number of carbonyl (C=O) groups excluding carboxylic acids is 2. The number of amides is 3. The summed E-state index contributed by atoms with van der Waals surface area (Å²) in [5, 5.41) is 18.4. The highest BCUT2D eigenvalue weighted by Gasteiger charge is 2.35. The molecule has 1 atom stereocenters. The van der Waals surface area contributed by atoms with Crippen molar-refractivity contribution in [3.05, 3.63) is 65.6 Å². The molecule has 10 nitrogen and oxygen atoms in total. The van der Waals surface area contributed by atoms with Crippen LogP contribution in [0.5, 0.6) is 5.75 Å². The van der Waals surface area contributed by atoms with Crippen LogP contribution in [0.1, 0.15) is 28.8 Å². The van der Waals surface area contributed by atoms with E-state index in [1.165, 1.54) is 42.3 Å². The van der Waals surface area contributed by atoms with E-state index in [2.05, 4.69) is 20.5 Å². The number of ether oxygens (including phenoxy) is 1. The van der Waals surface area contributed by atoms with Crippen molar-refractivity contribution in [3.8, 4) is 11.4 Å². The summed E-state index contributed by atoms with van der Waals surface area (Å²) in [7, 11) is 0. The van der Waals surface area contributed by atoms with Crippen molar-refractivity contribution in [2.24, 2.45) is 0 Å². The molecule has 38 heavy (non-hydrogen) atoms. The Balaban J connectivity index is 1.40. The van der Waals surface area contributed by atoms with Gasteiger partial charge >= 0.3 is 18.4 Å². The number of aromatic carboxylic acids is 1. The summed E-state index contributed by atoms with van der Waals surface area (Å²) in [5.74, 6) is -2.97. The lowest BCUT2D eigenvalue weighted by molar-refractivity contribution is -0.274. The third-order valence-corrected chi connectivity index (χ3v) is 5.77. The Morgan fingerprint density at radius 3 is 2.47 bits per heavy atom. The lowest BCUT2D eigenvalue weighted by Crippen LogP contribution is -2.45. The normalized spacial score (nSPS) is 15.3. The first-order valence-corrected chi connectivity index (χ1v) is 11.2. The monoisotopic (exact) mass is 535 g/mol. The molecule has 3 amide bonds. The van der Waals surface area contributed by atoms with Gasteiger partial charge < -0.3 is 25.4 Å². The molecule has 3 N–H and O–H groups in total. The molecule has 1 aliphatic rings. The molecule has 0 unspecified atom stereocenters. The maximum Gasteiger partial charge on any atom is 0.573 e. The molecule has 1 saturated heterocycles. The maximum absolute atomic E-state index is 14.5. The third kappa shape index (κ3) is 6.02. The molecule has 14 heteroatoms. The maximum atomic E-state index is 14.5. The summed E-state index contributed by atoms with van der Waals surface area (Å²) < 4.78 is 56.4. The van der Waals surface area contributed by atoms with Gasteiger partial charge in [0.2, 0.25) is 5.91 Å². The van der Waals surface area contributed by atoms with Crippen LogP contribution in [0.25, 0.3) is 5.69 Å². The van der Waals surface area contributed by atoms with E-state index in [-0.39, 0.29) is 29.3 Å². The van der Waals surface area contributed by atoms with Gasteiger partial charge in [0.1, 0.15) is 23.3 Å². The molecule has 1 aliphatic heterocycles. The van der Waals surface area contributed by atoms with Gasteiger partial charge in [-0.1, -0.05) is 0 Å². The van der Waals surface area contributed by atoms with Crippen LogP contribution in [0.2, 0.25) is 0 Å². The summed E-state index contributed by atoms with van der Waals surface area (Å²) in [4.78, 5) is 38.1. The van der Waals surface area contributed by atoms with Crippen molar-refractivity contribution < 1.29 is 41.8 Å². The van der Waals surface area contributed by atoms with Crippen LogP contribution in [0.15, 0.2) is 48.7 Å². The number of carbonyl (C=O) groups is 3. The van der Waals surface area contributed by atoms with Crippen LogP contribution >= 0.6 is 0 Å². The van der Waals surface area contributed by atoms with E-state index in [0.29, 0.717) is 18.4 Å². The van der Waals surface area contributed by atoms with Gasteiger partial charge in [0.05, 0.1) is 5.56 Å². The zero-order valence-corrected chi connectivity index (χ0v) is 19.8. The largest absolute Gasteiger partial charge is 0.573 e. The summed E-state index contributed by atoms with van der Waals surface area (Å²) in [6, 6.07) is 6.74. The fourth-order valence-corrected chi connectivity index (χ4v) is 4.02. The van der Waals surface area contributed by atoms with E-state index in [9.17, 15) is 31.9 Å². The number of aryl methyl sites for hydroxylation is 1. The van der Waals surface area contributed by atoms with E-state index in [0.717, 1.165) is 22.9 Å². The molecule has 0 spiro atoms. The first kappa shape index (κ1) is 26.4. The number of halogens is 4. The molecule has 0 radical (unpaired) electrons. The van der Waals surface area contributed by atoms with E-state index >= 15 is 0 Å². The average Bonchev–Trinajstić information content (AvgIpc) is 3.50. The number of benzene rings is 2. The number of anilines is 2. The lowest BCUT2D eigenvalue weighted by atomic mass is 10.1. The Morgan fingerprint density at radius 2 is 1.82 bits per heavy atom. The lowest BCUT2D eigenvalue weighted by Gasteiger charge is -2.24. The Morgan fingerprint density at radius 1 is 1.11 bits per heavy atom. The number of rotatable bonds is 6. The van der Waals surface area contributed by atoms with Crippen LogP contribution in [0.3, 0.4) is 0 Å². The Kier molecular flexibility index (Phi) is 7.23. The molecule has 1 aromatic heterocycles. The Hall–Kier alpha value is -4.62. The van der Waals surface area contributed by atoms with Crippen molar-refractivity contribution in [3.63, 3.8) is 0 Å². The molecule has 0 aliphatic carbocycles. The summed E-state index contributed by atoms with van der Waals surface area (Å²) in [6.07, 6.45) is -2.55. The smallest absolute Gasteiger partial charge is 0.478 e. The number of aromatic nitrogens is 2. The van der Waals surface area contributed by atoms with Crippen molar-refractivity contribution >= 4 is 29.4 Å². The van der Waals surface area contributed by atoms with Crippen LogP contribution in [0, 0.1) is 12.7 Å². The van der Waals surface area contributed by atoms with Crippen LogP contribution in [-0.2, 0) is 4.79 Å². The summed E-state index contributed by atoms with van der Waals surface area (Å²) >= 11 is 0. The van der Waals surface area contributed by atoms with Gasteiger partial charge in [-0.2, -0.15) is 0 Å². The second-order valence-corrected chi connectivity index (χ2v) is 8.41. The van der Waals surface area contributed by atoms with Crippen LogP contribution in [0.4, 0.5) is 33.9 Å². The molecule has 200 valence electrons. The first-order chi connectivity index (χ1) is 17.9. The van der Waals surface area contributed by atoms with E-state index in [4.69, 9.17) is 5.11 Å². The SMILES string of the molecule is Cc1cc(-n2ccc(NC(=O)[C@H]3CCCN3C(=O)Nc3ccc(OC(F)(F)F)cc3)n2)c(F)cc1C(=O)O. The number of urea groups is 1. The van der Waals surface area contributed by atoms with Crippen molar-refractivity contribution in [1.82, 2.24) is 14.7 Å². The minimum absolute atomic E-state index is 0.0125. The van der Waals surface area contributed by atoms with Gasteiger partial charge in [0.15, 0.2) is 5.82 Å². The number of likely N-dealkylation sites (tertiary alicyclic amines) is 1. The molecule has 4 rings (SSSR count). The number of alkyl halides is 3. The highest BCUT2D eigenvalue weighted by atomic mass is 19.4. The fraction of sp³-hybridized carbons (Fsp3) is 0.250. The number of carboxylic acid groups (broad SMARTS) is 1. The predicted octanol–water partition coefficient (Wildman–Crippen LogP) is 4.55. The van der Waals surface area contributed by atoms with Gasteiger partial charge in [-0.3, -0.25) is 4.79 Å². The second-order valence-electron chi connectivity index (χ2n) is 8.41. The van der Waals surface area contributed by atoms with E-state index in [1.807, 2.05) is 0 Å². The molecule has 0 saturated carbocycles. The quantitative estimate of drug-likeness (QED) is 0.398. The van der Waals surface area contributed by atoms with Crippen molar-refractivity contribution in [2.75, 3.05) is 17.2 Å². The predicted molar refractivity (Wildman–Crippen MR) is 126 cm³/mol. The molecule has 1 fully saturated rings. The highest BCUT2D eigenvalue weighted by molar-refractivity contribution is 5.99. The second kappa shape index (κ2) is 10.4. The number of carboxylic acids is 1. The first-order valence-electron chi connectivity index (χ1n) is 11.2. The van der Waals surface area contributed by atoms with E-state index < -0.39 is 41.9 Å². The topological polar surface area (TPSA) is 126 Å². The zero-order chi connectivity index (χ0) is 27.6. The summed E-state index contributed by atoms with van der Waals surface area (Å²) in [6.45, 7) is 1.79. The molecular weight excluding hydrogens is 514 g/mol. The molecule has 2 heterocycles. The number of hydrogen-bond acceptors (Lipinski definition) is 5. The van der Waals surface area contributed by atoms with Gasteiger partial charge in [-0.25, -0.2) is 18.7 Å². The highest BCUT2D eigenvalue weighted by Crippen LogP contribution is 2.26. The summed E-state index contributed by atoms with van der Waals surface area (Å²) in [5.41, 5.74) is 0.337. The van der Waals surface area contributed by atoms with Gasteiger partial charge in [0, 0.05) is 24.5 Å². The number of nitrogens with one attached hydrogen (secondary N) is 2. The Labute approximate surface area is 212 Å². The van der Waals surface area contributed by atoms with Gasteiger partial charge in [0.25, 0.3) is 0 Å². The molecule has 3 aromatic rings. The third-order valence-electron chi connectivity index (χ3n) is 5.77. The number of hydrogen-bond donors (Lipinski definition) is 3. The average molecular weight is 535 g/mol. The molecular formula is C24H21F4N5O5. The van der Waals surface area contributed by atoms with Crippen LogP contribution < -0.4 is 15.4 Å². The Bertz CT molecular complexity index is 1370. The van der Waals surface area contributed by atoms with Crippen molar-refractivity contribution in [2.45, 2.75) is 32.2 Å². The van der Waals surface area contributed by atoms with Crippen LogP contribution in [-0.4, -0.2) is 56.6 Å². The zero-order valence-electron chi connectivity index (χ0n) is 19.8. The fourth-order valence-electron chi connectivity index (χ4n) is 4.02. The standard InChI is InChI=1S/C24H21F4N5O5/c1-13-11-19(17(25)12-16(13)22(35)36)33-10-8-20(31-33)30-21(34)18-3-2-9-32(18)23(37)29-14-4-6-15(7-5-14)38-24(26,27)28/h4-8,10-12,18H,2-3,9H2,1H3,(H,29,37)(H,35,36)(H,30,31,34)/t18-/m1/s1. The van der Waals surface area contributed by atoms with Gasteiger partial charge in [-0.15, -0.1) is 18.3 Å². The van der Waals surface area contributed by atoms with E-state index in [1.54, 1.807) is 0 Å². The molecule has 0 bridgehead atoms. The molecule has 2 aromatic carbocycles. The van der Waals surface area contributed by atoms with Crippen molar-refractivity contribution in [1.29, 1.82) is 0 Å². The minimum Gasteiger partial charge on any atom is -0.478 e. The van der Waals surface area contributed by atoms with Gasteiger partial charge in [-0.05, 0) is 61.7 Å². The number of nitrogens with zero attached hydrogens (tertiary/aromatic N) is 3. The minimum atomic E-state index is -4.84.